The van der Waals surface area contributed by atoms with Gasteiger partial charge >= 0.3 is 6.09 Å². The highest BCUT2D eigenvalue weighted by Crippen LogP contribution is 2.28. The number of anilines is 1. The third-order valence-electron chi connectivity index (χ3n) is 3.38. The molecule has 1 aromatic carbocycles. The van der Waals surface area contributed by atoms with E-state index in [0.717, 1.165) is 6.42 Å². The van der Waals surface area contributed by atoms with Crippen LogP contribution < -0.4 is 10.1 Å². The van der Waals surface area contributed by atoms with Crippen LogP contribution in [0.5, 0.6) is 5.75 Å². The molecule has 1 N–H and O–H groups in total. The smallest absolute Gasteiger partial charge is 0.410 e. The van der Waals surface area contributed by atoms with Crippen molar-refractivity contribution in [2.24, 2.45) is 0 Å². The number of carbonyl (C=O) groups is 2. The van der Waals surface area contributed by atoms with Gasteiger partial charge in [0.15, 0.2) is 0 Å². The average molecular weight is 313 g/mol. The summed E-state index contributed by atoms with van der Waals surface area (Å²) in [7, 11) is 2.82. The van der Waals surface area contributed by atoms with Crippen molar-refractivity contribution >= 4 is 29.3 Å². The molecule has 7 heteroatoms. The summed E-state index contributed by atoms with van der Waals surface area (Å²) >= 11 is 6.01. The number of hydrogen-bond donors (Lipinski definition) is 1. The number of hydrogen-bond acceptors (Lipinski definition) is 4. The molecule has 0 saturated carbocycles. The molecular weight excluding hydrogens is 296 g/mol. The minimum atomic E-state index is -0.515. The Kier molecular flexibility index (Phi) is 4.90. The molecule has 1 fully saturated rings. The standard InChI is InChI=1S/C14H17ClN2O4/c1-20-12-6-5-9(8-10(12)15)16-13(18)11-4-3-7-17(11)14(19)21-2/h5-6,8,11H,3-4,7H2,1-2H3,(H,16,18). The van der Waals surface area contributed by atoms with Crippen molar-refractivity contribution in [3.63, 3.8) is 0 Å². The number of benzene rings is 1. The van der Waals surface area contributed by atoms with Crippen LogP contribution in [0.25, 0.3) is 0 Å². The average Bonchev–Trinajstić information content (AvgIpc) is 2.96. The normalized spacial score (nSPS) is 17.5. The Morgan fingerprint density at radius 2 is 2.14 bits per heavy atom. The number of nitrogens with zero attached hydrogens (tertiary/aromatic N) is 1. The number of likely N-dealkylation sites (tertiary alicyclic amines) is 1. The van der Waals surface area contributed by atoms with E-state index in [1.165, 1.54) is 19.1 Å². The van der Waals surface area contributed by atoms with E-state index in [1.54, 1.807) is 18.2 Å². The number of rotatable bonds is 3. The van der Waals surface area contributed by atoms with Gasteiger partial charge in [0, 0.05) is 12.2 Å². The van der Waals surface area contributed by atoms with Crippen LogP contribution in [0.15, 0.2) is 18.2 Å². The van der Waals surface area contributed by atoms with Gasteiger partial charge in [0.1, 0.15) is 11.8 Å². The monoisotopic (exact) mass is 312 g/mol. The van der Waals surface area contributed by atoms with Crippen molar-refractivity contribution in [3.05, 3.63) is 23.2 Å². The maximum atomic E-state index is 12.3. The van der Waals surface area contributed by atoms with Crippen LogP contribution in [0.3, 0.4) is 0 Å². The summed E-state index contributed by atoms with van der Waals surface area (Å²) in [5, 5.41) is 3.17. The van der Waals surface area contributed by atoms with E-state index in [1.807, 2.05) is 0 Å². The summed E-state index contributed by atoms with van der Waals surface area (Å²) in [6.45, 7) is 0.522. The third kappa shape index (κ3) is 3.39. The molecular formula is C14H17ClN2O4. The Morgan fingerprint density at radius 3 is 2.76 bits per heavy atom. The molecule has 21 heavy (non-hydrogen) atoms. The van der Waals surface area contributed by atoms with Gasteiger partial charge < -0.3 is 14.8 Å². The molecule has 0 bridgehead atoms. The predicted molar refractivity (Wildman–Crippen MR) is 78.8 cm³/mol. The first-order valence-corrected chi connectivity index (χ1v) is 6.93. The highest BCUT2D eigenvalue weighted by molar-refractivity contribution is 6.32. The highest BCUT2D eigenvalue weighted by Gasteiger charge is 2.34. The quantitative estimate of drug-likeness (QED) is 0.931. The van der Waals surface area contributed by atoms with E-state index in [-0.39, 0.29) is 5.91 Å². The third-order valence-corrected chi connectivity index (χ3v) is 3.68. The summed E-state index contributed by atoms with van der Waals surface area (Å²) in [6.07, 6.45) is 0.905. The summed E-state index contributed by atoms with van der Waals surface area (Å²) < 4.78 is 9.74. The first-order valence-electron chi connectivity index (χ1n) is 6.55. The van der Waals surface area contributed by atoms with E-state index in [4.69, 9.17) is 16.3 Å². The van der Waals surface area contributed by atoms with Crippen LogP contribution in [0.4, 0.5) is 10.5 Å². The zero-order valence-corrected chi connectivity index (χ0v) is 12.6. The van der Waals surface area contributed by atoms with Gasteiger partial charge in [0.25, 0.3) is 0 Å². The van der Waals surface area contributed by atoms with Crippen molar-refractivity contribution in [1.82, 2.24) is 4.90 Å². The van der Waals surface area contributed by atoms with Crippen molar-refractivity contribution < 1.29 is 19.1 Å². The van der Waals surface area contributed by atoms with Crippen LogP contribution in [0, 0.1) is 0 Å². The van der Waals surface area contributed by atoms with Gasteiger partial charge in [-0.1, -0.05) is 11.6 Å². The molecule has 1 aromatic rings. The Balaban J connectivity index is 2.07. The zero-order valence-electron chi connectivity index (χ0n) is 11.9. The predicted octanol–water partition coefficient (Wildman–Crippen LogP) is 2.52. The summed E-state index contributed by atoms with van der Waals surface area (Å²) in [5.74, 6) is 0.283. The van der Waals surface area contributed by atoms with Crippen LogP contribution in [-0.4, -0.2) is 43.7 Å². The lowest BCUT2D eigenvalue weighted by Crippen LogP contribution is -2.43. The molecule has 1 unspecified atom stereocenters. The molecule has 1 heterocycles. The van der Waals surface area contributed by atoms with Crippen molar-refractivity contribution in [3.8, 4) is 5.75 Å². The van der Waals surface area contributed by atoms with Crippen LogP contribution >= 0.6 is 11.6 Å². The molecule has 1 aliphatic rings. The second-order valence-corrected chi connectivity index (χ2v) is 5.07. The summed E-state index contributed by atoms with van der Waals surface area (Å²) in [5.41, 5.74) is 0.558. The SMILES string of the molecule is COC(=O)N1CCCC1C(=O)Nc1ccc(OC)c(Cl)c1. The minimum Gasteiger partial charge on any atom is -0.495 e. The molecule has 114 valence electrons. The lowest BCUT2D eigenvalue weighted by molar-refractivity contribution is -0.119. The molecule has 1 saturated heterocycles. The minimum absolute atomic E-state index is 0.251. The molecule has 1 aliphatic heterocycles. The summed E-state index contributed by atoms with van der Waals surface area (Å²) in [4.78, 5) is 25.3. The molecule has 1 atom stereocenters. The van der Waals surface area contributed by atoms with Gasteiger partial charge in [-0.05, 0) is 31.0 Å². The zero-order chi connectivity index (χ0) is 15.4. The van der Waals surface area contributed by atoms with E-state index in [0.29, 0.717) is 29.4 Å². The van der Waals surface area contributed by atoms with Crippen LogP contribution in [-0.2, 0) is 9.53 Å². The highest BCUT2D eigenvalue weighted by atomic mass is 35.5. The van der Waals surface area contributed by atoms with E-state index in [2.05, 4.69) is 10.1 Å². The van der Waals surface area contributed by atoms with E-state index < -0.39 is 12.1 Å². The largest absolute Gasteiger partial charge is 0.495 e. The first kappa shape index (κ1) is 15.4. The fourth-order valence-corrected chi connectivity index (χ4v) is 2.60. The van der Waals surface area contributed by atoms with Crippen LogP contribution in [0.1, 0.15) is 12.8 Å². The molecule has 2 amide bonds. The van der Waals surface area contributed by atoms with E-state index in [9.17, 15) is 9.59 Å². The molecule has 2 rings (SSSR count). The number of methoxy groups -OCH3 is 2. The van der Waals surface area contributed by atoms with Gasteiger partial charge in [-0.2, -0.15) is 0 Å². The number of nitrogens with one attached hydrogen (secondary N) is 1. The number of halogens is 1. The lowest BCUT2D eigenvalue weighted by Gasteiger charge is -2.22. The number of amides is 2. The van der Waals surface area contributed by atoms with Gasteiger partial charge in [-0.25, -0.2) is 4.79 Å². The fraction of sp³-hybridized carbons (Fsp3) is 0.429. The second-order valence-electron chi connectivity index (χ2n) is 4.66. The van der Waals surface area contributed by atoms with Crippen molar-refractivity contribution in [2.45, 2.75) is 18.9 Å². The van der Waals surface area contributed by atoms with Gasteiger partial charge in [0.05, 0.1) is 19.2 Å². The number of ether oxygens (including phenoxy) is 2. The van der Waals surface area contributed by atoms with Crippen LogP contribution in [0.2, 0.25) is 5.02 Å². The Bertz CT molecular complexity index is 550. The lowest BCUT2D eigenvalue weighted by atomic mass is 10.2. The topological polar surface area (TPSA) is 67.9 Å². The van der Waals surface area contributed by atoms with Gasteiger partial charge in [-0.15, -0.1) is 0 Å². The second kappa shape index (κ2) is 6.67. The molecule has 0 aromatic heterocycles. The maximum Gasteiger partial charge on any atom is 0.410 e. The maximum absolute atomic E-state index is 12.3. The Morgan fingerprint density at radius 1 is 1.38 bits per heavy atom. The molecule has 0 aliphatic carbocycles. The Labute approximate surface area is 128 Å². The van der Waals surface area contributed by atoms with Gasteiger partial charge in [-0.3, -0.25) is 9.69 Å². The van der Waals surface area contributed by atoms with E-state index >= 15 is 0 Å². The van der Waals surface area contributed by atoms with Crippen molar-refractivity contribution in [2.75, 3.05) is 26.1 Å². The molecule has 0 radical (unpaired) electrons. The van der Waals surface area contributed by atoms with Crippen molar-refractivity contribution in [1.29, 1.82) is 0 Å². The summed E-state index contributed by atoms with van der Waals surface area (Å²) in [6, 6.07) is 4.46. The number of carbonyl (C=O) groups excluding carboxylic acids is 2. The van der Waals surface area contributed by atoms with Gasteiger partial charge in [0.2, 0.25) is 5.91 Å². The Hall–Kier alpha value is -1.95. The molecule has 0 spiro atoms. The first-order chi connectivity index (χ1) is 10.1. The molecule has 6 nitrogen and oxygen atoms in total. The fourth-order valence-electron chi connectivity index (χ4n) is 2.34.